The van der Waals surface area contributed by atoms with E-state index in [1.165, 1.54) is 5.69 Å². The standard InChI is InChI=1S/C29H33N5O3/c1-6-32(7-2)24-11-13-25(14-12-24)34-20(4)16-22(21(34)5)17-26-28(36)33(29(37)31-26)18-27(35)30-23-10-8-9-19(3)15-23/h8-17H,6-7,18H2,1-5H3,(H,30,35)(H,31,37)/b26-17+. The first kappa shape index (κ1) is 25.8. The third-order valence-corrected chi connectivity index (χ3v) is 6.57. The van der Waals surface area contributed by atoms with Gasteiger partial charge in [-0.2, -0.15) is 0 Å². The molecule has 0 atom stereocenters. The zero-order chi connectivity index (χ0) is 26.7. The second-order valence-corrected chi connectivity index (χ2v) is 9.15. The molecular weight excluding hydrogens is 466 g/mol. The van der Waals surface area contributed by atoms with E-state index in [0.29, 0.717) is 5.69 Å². The van der Waals surface area contributed by atoms with Gasteiger partial charge in [-0.3, -0.25) is 9.59 Å². The first-order valence-electron chi connectivity index (χ1n) is 12.5. The number of aryl methyl sites for hydroxylation is 2. The Bertz CT molecular complexity index is 1370. The maximum absolute atomic E-state index is 13.0. The fourth-order valence-electron chi connectivity index (χ4n) is 4.67. The van der Waals surface area contributed by atoms with Gasteiger partial charge in [-0.05, 0) is 94.3 Å². The van der Waals surface area contributed by atoms with Crippen molar-refractivity contribution < 1.29 is 14.4 Å². The Morgan fingerprint density at radius 1 is 1.00 bits per heavy atom. The molecule has 1 fully saturated rings. The Labute approximate surface area is 217 Å². The number of aromatic nitrogens is 1. The van der Waals surface area contributed by atoms with Crippen molar-refractivity contribution in [1.82, 2.24) is 14.8 Å². The van der Waals surface area contributed by atoms with Crippen LogP contribution in [0.25, 0.3) is 11.8 Å². The van der Waals surface area contributed by atoms with Crippen LogP contribution in [0.1, 0.15) is 36.4 Å². The largest absolute Gasteiger partial charge is 0.372 e. The van der Waals surface area contributed by atoms with E-state index in [2.05, 4.69) is 58.2 Å². The number of carbonyl (C=O) groups excluding carboxylic acids is 3. The monoisotopic (exact) mass is 499 g/mol. The number of rotatable bonds is 8. The summed E-state index contributed by atoms with van der Waals surface area (Å²) >= 11 is 0. The summed E-state index contributed by atoms with van der Waals surface area (Å²) in [6.45, 7) is 11.7. The lowest BCUT2D eigenvalue weighted by Crippen LogP contribution is -2.38. The van der Waals surface area contributed by atoms with Crippen LogP contribution in [0.2, 0.25) is 0 Å². The van der Waals surface area contributed by atoms with Crippen LogP contribution in [0.3, 0.4) is 0 Å². The summed E-state index contributed by atoms with van der Waals surface area (Å²) in [6.07, 6.45) is 1.67. The molecule has 37 heavy (non-hydrogen) atoms. The van der Waals surface area contributed by atoms with E-state index in [1.54, 1.807) is 12.1 Å². The number of anilines is 2. The van der Waals surface area contributed by atoms with Crippen molar-refractivity contribution in [2.75, 3.05) is 29.9 Å². The Hall–Kier alpha value is -4.33. The van der Waals surface area contributed by atoms with Crippen LogP contribution in [0.5, 0.6) is 0 Å². The molecule has 0 saturated carbocycles. The number of hydrogen-bond donors (Lipinski definition) is 2. The second-order valence-electron chi connectivity index (χ2n) is 9.15. The van der Waals surface area contributed by atoms with Crippen molar-refractivity contribution in [1.29, 1.82) is 0 Å². The molecule has 2 aromatic carbocycles. The van der Waals surface area contributed by atoms with Crippen LogP contribution >= 0.6 is 0 Å². The molecule has 1 aromatic heterocycles. The van der Waals surface area contributed by atoms with Crippen molar-refractivity contribution >= 4 is 35.3 Å². The number of carbonyl (C=O) groups is 3. The molecule has 0 bridgehead atoms. The number of imide groups is 1. The number of nitrogens with zero attached hydrogens (tertiary/aromatic N) is 3. The number of nitrogens with one attached hydrogen (secondary N) is 2. The molecule has 0 spiro atoms. The van der Waals surface area contributed by atoms with Crippen molar-refractivity contribution in [3.8, 4) is 5.69 Å². The second kappa shape index (κ2) is 10.7. The van der Waals surface area contributed by atoms with Gasteiger partial charge in [0.05, 0.1) is 0 Å². The lowest BCUT2D eigenvalue weighted by molar-refractivity contribution is -0.127. The van der Waals surface area contributed by atoms with Crippen molar-refractivity contribution in [3.05, 3.63) is 82.8 Å². The minimum atomic E-state index is -0.614. The normalized spacial score (nSPS) is 14.3. The molecule has 2 N–H and O–H groups in total. The summed E-state index contributed by atoms with van der Waals surface area (Å²) in [5.41, 5.74) is 6.71. The molecule has 2 heterocycles. The fraction of sp³-hybridized carbons (Fsp3) is 0.276. The van der Waals surface area contributed by atoms with Gasteiger partial charge in [0, 0.05) is 41.5 Å². The molecule has 8 nitrogen and oxygen atoms in total. The van der Waals surface area contributed by atoms with Crippen LogP contribution in [0, 0.1) is 20.8 Å². The number of amides is 4. The van der Waals surface area contributed by atoms with E-state index in [4.69, 9.17) is 0 Å². The predicted molar refractivity (Wildman–Crippen MR) is 147 cm³/mol. The lowest BCUT2D eigenvalue weighted by atomic mass is 10.2. The zero-order valence-corrected chi connectivity index (χ0v) is 22.0. The first-order chi connectivity index (χ1) is 17.7. The average Bonchev–Trinajstić information content (AvgIpc) is 3.29. The maximum atomic E-state index is 13.0. The van der Waals surface area contributed by atoms with Gasteiger partial charge in [-0.25, -0.2) is 9.69 Å². The zero-order valence-electron chi connectivity index (χ0n) is 22.0. The molecule has 8 heteroatoms. The molecule has 3 aromatic rings. The van der Waals surface area contributed by atoms with Gasteiger partial charge in [0.1, 0.15) is 12.2 Å². The molecule has 4 rings (SSSR count). The van der Waals surface area contributed by atoms with E-state index in [-0.39, 0.29) is 12.2 Å². The van der Waals surface area contributed by atoms with Crippen LogP contribution in [0.15, 0.2) is 60.3 Å². The van der Waals surface area contributed by atoms with E-state index >= 15 is 0 Å². The number of benzene rings is 2. The molecule has 0 aliphatic carbocycles. The fourth-order valence-corrected chi connectivity index (χ4v) is 4.67. The van der Waals surface area contributed by atoms with Gasteiger partial charge in [-0.15, -0.1) is 0 Å². The SMILES string of the molecule is CCN(CC)c1ccc(-n2c(C)cc(/C=C3/NC(=O)N(CC(=O)Nc4cccc(C)c4)C3=O)c2C)cc1. The number of urea groups is 1. The van der Waals surface area contributed by atoms with Gasteiger partial charge in [0.2, 0.25) is 5.91 Å². The van der Waals surface area contributed by atoms with Gasteiger partial charge in [0.25, 0.3) is 5.91 Å². The summed E-state index contributed by atoms with van der Waals surface area (Å²) in [4.78, 5) is 41.2. The quantitative estimate of drug-likeness (QED) is 0.345. The van der Waals surface area contributed by atoms with Gasteiger partial charge < -0.3 is 20.1 Å². The van der Waals surface area contributed by atoms with Crippen LogP contribution in [0.4, 0.5) is 16.2 Å². The van der Waals surface area contributed by atoms with Crippen LogP contribution in [-0.2, 0) is 9.59 Å². The smallest absolute Gasteiger partial charge is 0.329 e. The van der Waals surface area contributed by atoms with Crippen LogP contribution in [-0.4, -0.2) is 46.9 Å². The van der Waals surface area contributed by atoms with Crippen molar-refractivity contribution in [2.45, 2.75) is 34.6 Å². The Balaban J connectivity index is 1.51. The number of hydrogen-bond acceptors (Lipinski definition) is 4. The van der Waals surface area contributed by atoms with Crippen LogP contribution < -0.4 is 15.5 Å². The lowest BCUT2D eigenvalue weighted by Gasteiger charge is -2.21. The molecule has 0 radical (unpaired) electrons. The third-order valence-electron chi connectivity index (χ3n) is 6.57. The summed E-state index contributed by atoms with van der Waals surface area (Å²) in [5.74, 6) is -0.973. The predicted octanol–water partition coefficient (Wildman–Crippen LogP) is 4.78. The first-order valence-corrected chi connectivity index (χ1v) is 12.5. The van der Waals surface area contributed by atoms with Gasteiger partial charge in [-0.1, -0.05) is 12.1 Å². The minimum absolute atomic E-state index is 0.144. The summed E-state index contributed by atoms with van der Waals surface area (Å²) in [5, 5.41) is 5.35. The Morgan fingerprint density at radius 2 is 1.70 bits per heavy atom. The minimum Gasteiger partial charge on any atom is -0.372 e. The van der Waals surface area contributed by atoms with Crippen molar-refractivity contribution in [3.63, 3.8) is 0 Å². The molecule has 1 saturated heterocycles. The van der Waals surface area contributed by atoms with E-state index in [1.807, 2.05) is 45.0 Å². The summed E-state index contributed by atoms with van der Waals surface area (Å²) in [6, 6.07) is 17.1. The molecule has 4 amide bonds. The molecule has 1 aliphatic rings. The van der Waals surface area contributed by atoms with E-state index < -0.39 is 17.8 Å². The molecule has 0 unspecified atom stereocenters. The maximum Gasteiger partial charge on any atom is 0.329 e. The highest BCUT2D eigenvalue weighted by atomic mass is 16.2. The Kier molecular flexibility index (Phi) is 7.47. The highest BCUT2D eigenvalue weighted by Gasteiger charge is 2.35. The molecular formula is C29H33N5O3. The molecule has 192 valence electrons. The summed E-state index contributed by atoms with van der Waals surface area (Å²) in [7, 11) is 0. The van der Waals surface area contributed by atoms with Gasteiger partial charge in [0.15, 0.2) is 0 Å². The van der Waals surface area contributed by atoms with Crippen molar-refractivity contribution in [2.24, 2.45) is 0 Å². The third kappa shape index (κ3) is 5.43. The Morgan fingerprint density at radius 3 is 2.35 bits per heavy atom. The highest BCUT2D eigenvalue weighted by molar-refractivity contribution is 6.16. The average molecular weight is 500 g/mol. The van der Waals surface area contributed by atoms with E-state index in [0.717, 1.165) is 46.2 Å². The summed E-state index contributed by atoms with van der Waals surface area (Å²) < 4.78 is 2.12. The van der Waals surface area contributed by atoms with E-state index in [9.17, 15) is 14.4 Å². The molecule has 1 aliphatic heterocycles. The van der Waals surface area contributed by atoms with Gasteiger partial charge >= 0.3 is 6.03 Å². The highest BCUT2D eigenvalue weighted by Crippen LogP contribution is 2.25. The topological polar surface area (TPSA) is 86.7 Å².